The Bertz CT molecular complexity index is 360. The molecule has 0 fully saturated rings. The fraction of sp³-hybridized carbons (Fsp3) is 0.455. The Morgan fingerprint density at radius 3 is 2.75 bits per heavy atom. The maximum absolute atomic E-state index is 9.84. The van der Waals surface area contributed by atoms with E-state index in [0.29, 0.717) is 5.02 Å². The molecule has 0 amide bonds. The largest absolute Gasteiger partial charge is 0.506 e. The SMILES string of the molecule is CSCCNC(C)c1ccc(Cl)c(Cl)c1O. The van der Waals surface area contributed by atoms with Crippen LogP contribution in [0.15, 0.2) is 12.1 Å². The number of aromatic hydroxyl groups is 1. The van der Waals surface area contributed by atoms with Gasteiger partial charge in [0.2, 0.25) is 0 Å². The summed E-state index contributed by atoms with van der Waals surface area (Å²) in [4.78, 5) is 0. The van der Waals surface area contributed by atoms with Crippen molar-refractivity contribution in [3.8, 4) is 5.75 Å². The van der Waals surface area contributed by atoms with E-state index in [9.17, 15) is 5.11 Å². The standard InChI is InChI=1S/C11H15Cl2NOS/c1-7(14-5-6-16-2)8-3-4-9(12)10(13)11(8)15/h3-4,7,14-15H,5-6H2,1-2H3. The van der Waals surface area contributed by atoms with E-state index in [2.05, 4.69) is 11.6 Å². The molecule has 2 N–H and O–H groups in total. The maximum atomic E-state index is 9.84. The first-order chi connectivity index (χ1) is 7.57. The van der Waals surface area contributed by atoms with E-state index in [1.807, 2.05) is 6.92 Å². The predicted molar refractivity (Wildman–Crippen MR) is 72.9 cm³/mol. The normalized spacial score (nSPS) is 12.8. The zero-order valence-corrected chi connectivity index (χ0v) is 11.6. The van der Waals surface area contributed by atoms with Crippen LogP contribution in [0, 0.1) is 0 Å². The molecular formula is C11H15Cl2NOS. The van der Waals surface area contributed by atoms with Crippen LogP contribution in [0.4, 0.5) is 0 Å². The van der Waals surface area contributed by atoms with Crippen molar-refractivity contribution in [2.24, 2.45) is 0 Å². The summed E-state index contributed by atoms with van der Waals surface area (Å²) in [5.74, 6) is 1.10. The molecule has 90 valence electrons. The average Bonchev–Trinajstić information content (AvgIpc) is 2.26. The summed E-state index contributed by atoms with van der Waals surface area (Å²) in [6.07, 6.45) is 2.06. The number of hydrogen-bond donors (Lipinski definition) is 2. The fourth-order valence-electron chi connectivity index (χ4n) is 1.39. The Kier molecular flexibility index (Phi) is 5.76. The highest BCUT2D eigenvalue weighted by atomic mass is 35.5. The third-order valence-electron chi connectivity index (χ3n) is 2.32. The van der Waals surface area contributed by atoms with Gasteiger partial charge in [-0.05, 0) is 19.2 Å². The van der Waals surface area contributed by atoms with Gasteiger partial charge in [-0.15, -0.1) is 0 Å². The van der Waals surface area contributed by atoms with E-state index in [1.165, 1.54) is 0 Å². The van der Waals surface area contributed by atoms with Crippen molar-refractivity contribution < 1.29 is 5.11 Å². The van der Waals surface area contributed by atoms with Crippen LogP contribution in [-0.4, -0.2) is 23.7 Å². The molecule has 0 heterocycles. The Hall–Kier alpha value is -0.0900. The Morgan fingerprint density at radius 2 is 2.12 bits per heavy atom. The number of hydrogen-bond acceptors (Lipinski definition) is 3. The van der Waals surface area contributed by atoms with Crippen LogP contribution in [0.25, 0.3) is 0 Å². The molecule has 16 heavy (non-hydrogen) atoms. The lowest BCUT2D eigenvalue weighted by atomic mass is 10.1. The molecular weight excluding hydrogens is 265 g/mol. The van der Waals surface area contributed by atoms with Gasteiger partial charge in [-0.25, -0.2) is 0 Å². The minimum atomic E-state index is 0.0573. The molecule has 0 saturated carbocycles. The monoisotopic (exact) mass is 279 g/mol. The van der Waals surface area contributed by atoms with E-state index < -0.39 is 0 Å². The second kappa shape index (κ2) is 6.60. The number of rotatable bonds is 5. The van der Waals surface area contributed by atoms with Crippen molar-refractivity contribution >= 4 is 35.0 Å². The van der Waals surface area contributed by atoms with Crippen LogP contribution in [0.5, 0.6) is 5.75 Å². The molecule has 1 aromatic carbocycles. The van der Waals surface area contributed by atoms with Gasteiger partial charge in [-0.3, -0.25) is 0 Å². The molecule has 0 aromatic heterocycles. The summed E-state index contributed by atoms with van der Waals surface area (Å²) in [7, 11) is 0. The molecule has 2 nitrogen and oxygen atoms in total. The van der Waals surface area contributed by atoms with Crippen molar-refractivity contribution in [3.63, 3.8) is 0 Å². The topological polar surface area (TPSA) is 32.3 Å². The van der Waals surface area contributed by atoms with E-state index >= 15 is 0 Å². The van der Waals surface area contributed by atoms with Crippen LogP contribution < -0.4 is 5.32 Å². The molecule has 1 unspecified atom stereocenters. The summed E-state index contributed by atoms with van der Waals surface area (Å²) in [6, 6.07) is 3.55. The van der Waals surface area contributed by atoms with Crippen LogP contribution in [0.2, 0.25) is 10.0 Å². The number of benzene rings is 1. The van der Waals surface area contributed by atoms with E-state index in [-0.39, 0.29) is 16.8 Å². The summed E-state index contributed by atoms with van der Waals surface area (Å²) in [6.45, 7) is 2.88. The Balaban J connectivity index is 2.76. The van der Waals surface area contributed by atoms with Crippen molar-refractivity contribution in [1.82, 2.24) is 5.32 Å². The van der Waals surface area contributed by atoms with Gasteiger partial charge in [-0.2, -0.15) is 11.8 Å². The minimum absolute atomic E-state index is 0.0573. The first-order valence-electron chi connectivity index (χ1n) is 4.97. The first-order valence-corrected chi connectivity index (χ1v) is 7.12. The lowest BCUT2D eigenvalue weighted by Gasteiger charge is -2.16. The average molecular weight is 280 g/mol. The third kappa shape index (κ3) is 3.45. The van der Waals surface area contributed by atoms with Crippen LogP contribution in [0.1, 0.15) is 18.5 Å². The van der Waals surface area contributed by atoms with Gasteiger partial charge >= 0.3 is 0 Å². The zero-order chi connectivity index (χ0) is 12.1. The van der Waals surface area contributed by atoms with E-state index in [0.717, 1.165) is 17.9 Å². The molecule has 5 heteroatoms. The molecule has 0 radical (unpaired) electrons. The summed E-state index contributed by atoms with van der Waals surface area (Å²) < 4.78 is 0. The van der Waals surface area contributed by atoms with Gasteiger partial charge < -0.3 is 10.4 Å². The van der Waals surface area contributed by atoms with Crippen molar-refractivity contribution in [2.75, 3.05) is 18.6 Å². The van der Waals surface area contributed by atoms with E-state index in [1.54, 1.807) is 23.9 Å². The Labute approximate surface area is 110 Å². The zero-order valence-electron chi connectivity index (χ0n) is 9.26. The quantitative estimate of drug-likeness (QED) is 0.806. The summed E-state index contributed by atoms with van der Waals surface area (Å²) in [5.41, 5.74) is 0.774. The highest BCUT2D eigenvalue weighted by Gasteiger charge is 2.14. The van der Waals surface area contributed by atoms with Crippen molar-refractivity contribution in [2.45, 2.75) is 13.0 Å². The molecule has 0 aliphatic carbocycles. The van der Waals surface area contributed by atoms with Gasteiger partial charge in [0.25, 0.3) is 0 Å². The number of halogens is 2. The second-order valence-corrected chi connectivity index (χ2v) is 5.24. The van der Waals surface area contributed by atoms with Crippen molar-refractivity contribution in [1.29, 1.82) is 0 Å². The number of thioether (sulfide) groups is 1. The van der Waals surface area contributed by atoms with Gasteiger partial charge in [0.05, 0.1) is 5.02 Å². The van der Waals surface area contributed by atoms with Crippen molar-refractivity contribution in [3.05, 3.63) is 27.7 Å². The van der Waals surface area contributed by atoms with E-state index in [4.69, 9.17) is 23.2 Å². The predicted octanol–water partition coefficient (Wildman–Crippen LogP) is 3.71. The summed E-state index contributed by atoms with van der Waals surface area (Å²) >= 11 is 13.5. The number of phenols is 1. The summed E-state index contributed by atoms with van der Waals surface area (Å²) in [5, 5.41) is 13.7. The third-order valence-corrected chi connectivity index (χ3v) is 3.73. The number of phenolic OH excluding ortho intramolecular Hbond substituents is 1. The first kappa shape index (κ1) is 14.0. The van der Waals surface area contributed by atoms with Gasteiger partial charge in [-0.1, -0.05) is 29.3 Å². The number of nitrogens with one attached hydrogen (secondary N) is 1. The molecule has 0 saturated heterocycles. The smallest absolute Gasteiger partial charge is 0.140 e. The molecule has 0 aliphatic heterocycles. The van der Waals surface area contributed by atoms with Gasteiger partial charge in [0.15, 0.2) is 0 Å². The molecule has 1 aromatic rings. The molecule has 0 spiro atoms. The second-order valence-electron chi connectivity index (χ2n) is 3.47. The van der Waals surface area contributed by atoms with Gasteiger partial charge in [0.1, 0.15) is 10.8 Å². The molecule has 0 bridgehead atoms. The van der Waals surface area contributed by atoms with Gasteiger partial charge in [0, 0.05) is 23.9 Å². The lowest BCUT2D eigenvalue weighted by molar-refractivity contribution is 0.455. The lowest BCUT2D eigenvalue weighted by Crippen LogP contribution is -2.21. The van der Waals surface area contributed by atoms with Crippen LogP contribution >= 0.6 is 35.0 Å². The fourth-order valence-corrected chi connectivity index (χ4v) is 2.04. The minimum Gasteiger partial charge on any atom is -0.506 e. The van der Waals surface area contributed by atoms with Crippen LogP contribution in [-0.2, 0) is 0 Å². The molecule has 1 atom stereocenters. The highest BCUT2D eigenvalue weighted by Crippen LogP contribution is 2.36. The molecule has 0 aliphatic rings. The maximum Gasteiger partial charge on any atom is 0.140 e. The Morgan fingerprint density at radius 1 is 1.44 bits per heavy atom. The molecule has 1 rings (SSSR count). The highest BCUT2D eigenvalue weighted by molar-refractivity contribution is 7.98. The van der Waals surface area contributed by atoms with Crippen LogP contribution in [0.3, 0.4) is 0 Å².